The molecule has 1 saturated heterocycles. The highest BCUT2D eigenvalue weighted by molar-refractivity contribution is 5.95. The van der Waals surface area contributed by atoms with E-state index in [1.807, 2.05) is 10.7 Å². The maximum absolute atomic E-state index is 11.8. The molecule has 0 spiro atoms. The lowest BCUT2D eigenvalue weighted by molar-refractivity contribution is -0.117. The second-order valence-corrected chi connectivity index (χ2v) is 4.98. The Morgan fingerprint density at radius 2 is 2.18 bits per heavy atom. The van der Waals surface area contributed by atoms with E-state index in [1.54, 1.807) is 11.1 Å². The summed E-state index contributed by atoms with van der Waals surface area (Å²) in [6.07, 6.45) is 1.35. The fraction of sp³-hybridized carbons (Fsp3) is 0.667. The molecule has 1 aromatic heterocycles. The topological polar surface area (TPSA) is 58.4 Å². The van der Waals surface area contributed by atoms with Crippen LogP contribution in [0.5, 0.6) is 0 Å². The van der Waals surface area contributed by atoms with Gasteiger partial charge in [0.1, 0.15) is 5.82 Å². The van der Waals surface area contributed by atoms with Gasteiger partial charge in [0.2, 0.25) is 5.91 Å². The molecule has 17 heavy (non-hydrogen) atoms. The van der Waals surface area contributed by atoms with E-state index in [4.69, 9.17) is 0 Å². The van der Waals surface area contributed by atoms with Crippen molar-refractivity contribution in [3.8, 4) is 0 Å². The first-order valence-corrected chi connectivity index (χ1v) is 6.02. The Morgan fingerprint density at radius 1 is 1.47 bits per heavy atom. The molecule has 2 heterocycles. The highest BCUT2D eigenvalue weighted by Gasteiger charge is 2.31. The molecule has 0 aliphatic carbocycles. The van der Waals surface area contributed by atoms with Gasteiger partial charge in [-0.15, -0.1) is 0 Å². The van der Waals surface area contributed by atoms with Crippen LogP contribution in [0.15, 0.2) is 12.3 Å². The third-order valence-electron chi connectivity index (χ3n) is 3.38. The number of aromatic nitrogens is 2. The Bertz CT molecular complexity index is 414. The summed E-state index contributed by atoms with van der Waals surface area (Å²) in [7, 11) is 0. The number of carbonyl (C=O) groups is 1. The molecule has 0 radical (unpaired) electrons. The smallest absolute Gasteiger partial charge is 0.230 e. The van der Waals surface area contributed by atoms with Gasteiger partial charge in [-0.2, -0.15) is 5.10 Å². The Balaban J connectivity index is 2.28. The minimum atomic E-state index is -0.555. The maximum Gasteiger partial charge on any atom is 0.230 e. The second kappa shape index (κ2) is 4.49. The number of β-amino-alcohol motifs (C(OH)–C–C–N with tert-alkyl or cyclic N) is 1. The molecule has 2 rings (SSSR count). The summed E-state index contributed by atoms with van der Waals surface area (Å²) in [6, 6.07) is 2.06. The van der Waals surface area contributed by atoms with Crippen LogP contribution in [-0.4, -0.2) is 33.4 Å². The molecule has 1 fully saturated rings. The fourth-order valence-electron chi connectivity index (χ4n) is 2.03. The van der Waals surface area contributed by atoms with Gasteiger partial charge in [0.25, 0.3) is 0 Å². The number of amides is 1. The molecule has 1 aliphatic rings. The van der Waals surface area contributed by atoms with E-state index >= 15 is 0 Å². The van der Waals surface area contributed by atoms with Crippen molar-refractivity contribution in [1.82, 2.24) is 9.78 Å². The largest absolute Gasteiger partial charge is 0.391 e. The molecule has 94 valence electrons. The number of hydrogen-bond acceptors (Lipinski definition) is 3. The molecule has 0 saturated carbocycles. The van der Waals surface area contributed by atoms with Crippen LogP contribution in [0, 0.1) is 5.92 Å². The van der Waals surface area contributed by atoms with Crippen LogP contribution >= 0.6 is 0 Å². The zero-order valence-corrected chi connectivity index (χ0v) is 10.5. The number of nitrogens with zero attached hydrogens (tertiary/aromatic N) is 3. The van der Waals surface area contributed by atoms with Gasteiger partial charge in [-0.1, -0.05) is 13.8 Å². The molecular weight excluding hydrogens is 218 g/mol. The summed E-state index contributed by atoms with van der Waals surface area (Å²) in [5.41, 5.74) is 0. The van der Waals surface area contributed by atoms with Crippen LogP contribution in [0.3, 0.4) is 0 Å². The van der Waals surface area contributed by atoms with Gasteiger partial charge in [-0.05, 0) is 12.8 Å². The first kappa shape index (κ1) is 12.1. The van der Waals surface area contributed by atoms with Gasteiger partial charge >= 0.3 is 0 Å². The van der Waals surface area contributed by atoms with Crippen LogP contribution in [0.2, 0.25) is 0 Å². The van der Waals surface area contributed by atoms with Crippen LogP contribution in [0.25, 0.3) is 0 Å². The summed E-state index contributed by atoms with van der Waals surface area (Å²) >= 11 is 0. The first-order chi connectivity index (χ1) is 8.00. The average Bonchev–Trinajstić information content (AvgIpc) is 2.83. The summed E-state index contributed by atoms with van der Waals surface area (Å²) in [4.78, 5) is 13.4. The molecule has 5 heteroatoms. The highest BCUT2D eigenvalue weighted by Crippen LogP contribution is 2.26. The average molecular weight is 237 g/mol. The number of hydrogen-bond donors (Lipinski definition) is 1. The summed E-state index contributed by atoms with van der Waals surface area (Å²) in [6.45, 7) is 6.70. The molecule has 1 N–H and O–H groups in total. The summed E-state index contributed by atoms with van der Waals surface area (Å²) < 4.78 is 1.86. The number of aliphatic hydroxyl groups excluding tert-OH is 1. The molecule has 0 bridgehead atoms. The maximum atomic E-state index is 11.8. The number of anilines is 1. The second-order valence-electron chi connectivity index (χ2n) is 4.98. The number of carbonyl (C=O) groups excluding carboxylic acids is 1. The van der Waals surface area contributed by atoms with E-state index in [1.165, 1.54) is 0 Å². The van der Waals surface area contributed by atoms with Gasteiger partial charge in [-0.25, -0.2) is 4.68 Å². The van der Waals surface area contributed by atoms with Crippen molar-refractivity contribution < 1.29 is 9.90 Å². The van der Waals surface area contributed by atoms with Crippen molar-refractivity contribution >= 4 is 11.7 Å². The molecule has 2 atom stereocenters. The van der Waals surface area contributed by atoms with Crippen LogP contribution in [0.4, 0.5) is 5.82 Å². The quantitative estimate of drug-likeness (QED) is 0.859. The van der Waals surface area contributed by atoms with E-state index in [0.717, 1.165) is 5.82 Å². The normalized spacial score (nSPS) is 22.5. The van der Waals surface area contributed by atoms with Crippen molar-refractivity contribution in [2.45, 2.75) is 39.3 Å². The first-order valence-electron chi connectivity index (χ1n) is 6.02. The minimum Gasteiger partial charge on any atom is -0.391 e. The van der Waals surface area contributed by atoms with E-state index in [-0.39, 0.29) is 18.4 Å². The van der Waals surface area contributed by atoms with Crippen molar-refractivity contribution in [3.05, 3.63) is 12.3 Å². The van der Waals surface area contributed by atoms with Crippen LogP contribution in [0.1, 0.15) is 33.2 Å². The summed E-state index contributed by atoms with van der Waals surface area (Å²) in [5, 5.41) is 13.8. The van der Waals surface area contributed by atoms with Gasteiger partial charge < -0.3 is 5.11 Å². The highest BCUT2D eigenvalue weighted by atomic mass is 16.3. The molecule has 2 unspecified atom stereocenters. The fourth-order valence-corrected chi connectivity index (χ4v) is 2.03. The van der Waals surface area contributed by atoms with Gasteiger partial charge in [0.05, 0.1) is 31.3 Å². The predicted molar refractivity (Wildman–Crippen MR) is 64.8 cm³/mol. The van der Waals surface area contributed by atoms with Crippen molar-refractivity contribution in [2.24, 2.45) is 5.92 Å². The molecule has 1 aromatic rings. The van der Waals surface area contributed by atoms with E-state index in [0.29, 0.717) is 12.5 Å². The van der Waals surface area contributed by atoms with E-state index in [2.05, 4.69) is 25.9 Å². The Morgan fingerprint density at radius 3 is 2.71 bits per heavy atom. The van der Waals surface area contributed by atoms with E-state index in [9.17, 15) is 9.90 Å². The predicted octanol–water partition coefficient (Wildman–Crippen LogP) is 1.20. The third-order valence-corrected chi connectivity index (χ3v) is 3.38. The lowest BCUT2D eigenvalue weighted by Crippen LogP contribution is -2.29. The number of rotatable bonds is 3. The van der Waals surface area contributed by atoms with Crippen LogP contribution in [-0.2, 0) is 4.79 Å². The zero-order valence-electron chi connectivity index (χ0n) is 10.5. The molecule has 1 aliphatic heterocycles. The van der Waals surface area contributed by atoms with Crippen LogP contribution < -0.4 is 4.90 Å². The van der Waals surface area contributed by atoms with Crippen molar-refractivity contribution in [2.75, 3.05) is 11.4 Å². The molecular formula is C12H19N3O2. The van der Waals surface area contributed by atoms with Crippen molar-refractivity contribution in [3.63, 3.8) is 0 Å². The molecule has 1 amide bonds. The van der Waals surface area contributed by atoms with Gasteiger partial charge in [0.15, 0.2) is 0 Å². The molecule has 5 nitrogen and oxygen atoms in total. The SMILES string of the molecule is CC(C)C(C)n1nccc1N1CC(O)CC1=O. The summed E-state index contributed by atoms with van der Waals surface area (Å²) in [5.74, 6) is 1.19. The standard InChI is InChI=1S/C12H19N3O2/c1-8(2)9(3)15-11(4-5-13-15)14-7-10(16)6-12(14)17/h4-5,8-10,16H,6-7H2,1-3H3. The third kappa shape index (κ3) is 2.20. The number of aliphatic hydroxyl groups is 1. The Labute approximate surface area is 101 Å². The lowest BCUT2D eigenvalue weighted by Gasteiger charge is -2.23. The lowest BCUT2D eigenvalue weighted by atomic mass is 10.1. The van der Waals surface area contributed by atoms with E-state index < -0.39 is 6.10 Å². The van der Waals surface area contributed by atoms with Gasteiger partial charge in [-0.3, -0.25) is 9.69 Å². The Kier molecular flexibility index (Phi) is 3.19. The van der Waals surface area contributed by atoms with Crippen molar-refractivity contribution in [1.29, 1.82) is 0 Å². The zero-order chi connectivity index (χ0) is 12.6. The Hall–Kier alpha value is -1.36. The molecule has 0 aromatic carbocycles. The monoisotopic (exact) mass is 237 g/mol. The van der Waals surface area contributed by atoms with Gasteiger partial charge in [0, 0.05) is 6.07 Å². The minimum absolute atomic E-state index is 0.0322.